The van der Waals surface area contributed by atoms with E-state index in [1.165, 1.54) is 12.1 Å². The highest BCUT2D eigenvalue weighted by Gasteiger charge is 2.17. The highest BCUT2D eigenvalue weighted by atomic mass is 35.5. The number of ether oxygens (including phenoxy) is 1. The van der Waals surface area contributed by atoms with Crippen molar-refractivity contribution in [1.29, 1.82) is 0 Å². The van der Waals surface area contributed by atoms with Crippen LogP contribution in [-0.2, 0) is 20.3 Å². The van der Waals surface area contributed by atoms with E-state index in [2.05, 4.69) is 0 Å². The Labute approximate surface area is 180 Å². The third-order valence-electron chi connectivity index (χ3n) is 4.44. The van der Waals surface area contributed by atoms with Gasteiger partial charge in [0.15, 0.2) is 16.4 Å². The van der Waals surface area contributed by atoms with Gasteiger partial charge in [-0.25, -0.2) is 13.2 Å². The van der Waals surface area contributed by atoms with Crippen LogP contribution in [0.5, 0.6) is 0 Å². The van der Waals surface area contributed by atoms with Crippen molar-refractivity contribution in [2.75, 3.05) is 6.61 Å². The molecule has 0 aromatic heterocycles. The number of hydrogen-bond donors (Lipinski definition) is 0. The molecule has 0 saturated carbocycles. The maximum Gasteiger partial charge on any atom is 0.338 e. The van der Waals surface area contributed by atoms with Crippen molar-refractivity contribution in [3.8, 4) is 0 Å². The maximum absolute atomic E-state index is 12.5. The SMILES string of the molecule is Cc1ccc(S(=O)(=O)Cc2ccc(C(=O)OCC(=O)c3ccccc3Cl)cc2)cc1. The largest absolute Gasteiger partial charge is 0.454 e. The van der Waals surface area contributed by atoms with Crippen molar-refractivity contribution < 1.29 is 22.7 Å². The summed E-state index contributed by atoms with van der Waals surface area (Å²) >= 11 is 5.96. The summed E-state index contributed by atoms with van der Waals surface area (Å²) in [5, 5.41) is 0.290. The molecule has 0 atom stereocenters. The van der Waals surface area contributed by atoms with Gasteiger partial charge in [-0.2, -0.15) is 0 Å². The number of rotatable bonds is 7. The summed E-state index contributed by atoms with van der Waals surface area (Å²) in [6.07, 6.45) is 0. The molecule has 0 aliphatic rings. The van der Waals surface area contributed by atoms with Crippen molar-refractivity contribution in [3.63, 3.8) is 0 Å². The average Bonchev–Trinajstić information content (AvgIpc) is 2.72. The molecule has 154 valence electrons. The second kappa shape index (κ2) is 9.24. The van der Waals surface area contributed by atoms with Gasteiger partial charge in [0.25, 0.3) is 0 Å². The molecular weight excluding hydrogens is 424 g/mol. The monoisotopic (exact) mass is 442 g/mol. The van der Waals surface area contributed by atoms with Gasteiger partial charge in [0.1, 0.15) is 0 Å². The minimum absolute atomic E-state index is 0.184. The van der Waals surface area contributed by atoms with Crippen molar-refractivity contribution in [1.82, 2.24) is 0 Å². The van der Waals surface area contributed by atoms with Gasteiger partial charge in [-0.1, -0.05) is 53.6 Å². The molecule has 0 bridgehead atoms. The van der Waals surface area contributed by atoms with Crippen molar-refractivity contribution in [2.45, 2.75) is 17.6 Å². The lowest BCUT2D eigenvalue weighted by molar-refractivity contribution is 0.0475. The molecular formula is C23H19ClO5S. The Kier molecular flexibility index (Phi) is 6.70. The minimum atomic E-state index is -3.49. The van der Waals surface area contributed by atoms with E-state index < -0.39 is 28.2 Å². The van der Waals surface area contributed by atoms with Crippen LogP contribution in [0.25, 0.3) is 0 Å². The molecule has 0 N–H and O–H groups in total. The second-order valence-corrected chi connectivity index (χ2v) is 9.14. The Morgan fingerprint density at radius 3 is 2.17 bits per heavy atom. The third kappa shape index (κ3) is 5.34. The molecule has 0 amide bonds. The van der Waals surface area contributed by atoms with E-state index in [0.717, 1.165) is 5.56 Å². The molecule has 7 heteroatoms. The zero-order valence-electron chi connectivity index (χ0n) is 16.2. The van der Waals surface area contributed by atoms with E-state index in [1.807, 2.05) is 6.92 Å². The van der Waals surface area contributed by atoms with Crippen LogP contribution in [0, 0.1) is 6.92 Å². The number of ketones is 1. The molecule has 5 nitrogen and oxygen atoms in total. The first-order valence-corrected chi connectivity index (χ1v) is 11.1. The molecule has 0 spiro atoms. The summed E-state index contributed by atoms with van der Waals surface area (Å²) < 4.78 is 30.1. The molecule has 0 aliphatic carbocycles. The van der Waals surface area contributed by atoms with E-state index in [9.17, 15) is 18.0 Å². The first-order valence-electron chi connectivity index (χ1n) is 9.09. The molecule has 0 aliphatic heterocycles. The van der Waals surface area contributed by atoms with E-state index in [-0.39, 0.29) is 26.8 Å². The molecule has 0 heterocycles. The Morgan fingerprint density at radius 2 is 1.53 bits per heavy atom. The fourth-order valence-electron chi connectivity index (χ4n) is 2.76. The number of aryl methyl sites for hydroxylation is 1. The molecule has 0 radical (unpaired) electrons. The van der Waals surface area contributed by atoms with E-state index in [1.54, 1.807) is 60.7 Å². The van der Waals surface area contributed by atoms with Gasteiger partial charge >= 0.3 is 5.97 Å². The van der Waals surface area contributed by atoms with Crippen LogP contribution in [-0.4, -0.2) is 26.8 Å². The van der Waals surface area contributed by atoms with Crippen LogP contribution >= 0.6 is 11.6 Å². The number of carbonyl (C=O) groups is 2. The zero-order valence-corrected chi connectivity index (χ0v) is 17.7. The molecule has 30 heavy (non-hydrogen) atoms. The van der Waals surface area contributed by atoms with Gasteiger partial charge in [0, 0.05) is 5.56 Å². The summed E-state index contributed by atoms with van der Waals surface area (Å²) in [4.78, 5) is 24.6. The van der Waals surface area contributed by atoms with Crippen molar-refractivity contribution in [3.05, 3.63) is 100 Å². The van der Waals surface area contributed by atoms with Gasteiger partial charge in [0.05, 0.1) is 21.2 Å². The number of Topliss-reactive ketones (excluding diaryl/α,β-unsaturated/α-hetero) is 1. The van der Waals surface area contributed by atoms with E-state index in [0.29, 0.717) is 5.56 Å². The summed E-state index contributed by atoms with van der Waals surface area (Å²) in [6.45, 7) is 1.45. The Morgan fingerprint density at radius 1 is 0.900 bits per heavy atom. The fourth-order valence-corrected chi connectivity index (χ4v) is 4.35. The standard InChI is InChI=1S/C23H19ClO5S/c1-16-6-12-19(13-7-16)30(27,28)15-17-8-10-18(11-9-17)23(26)29-14-22(25)20-4-2-3-5-21(20)24/h2-13H,14-15H2,1H3. The van der Waals surface area contributed by atoms with Crippen molar-refractivity contribution >= 4 is 33.2 Å². The lowest BCUT2D eigenvalue weighted by Crippen LogP contribution is -2.14. The first kappa shape index (κ1) is 21.7. The van der Waals surface area contributed by atoms with Crippen molar-refractivity contribution in [2.24, 2.45) is 0 Å². The quantitative estimate of drug-likeness (QED) is 0.392. The van der Waals surface area contributed by atoms with Gasteiger partial charge in [-0.05, 0) is 48.9 Å². The third-order valence-corrected chi connectivity index (χ3v) is 6.47. The van der Waals surface area contributed by atoms with Crippen LogP contribution in [0.4, 0.5) is 0 Å². The van der Waals surface area contributed by atoms with Crippen LogP contribution < -0.4 is 0 Å². The molecule has 3 aromatic carbocycles. The van der Waals surface area contributed by atoms with Crippen LogP contribution in [0.3, 0.4) is 0 Å². The average molecular weight is 443 g/mol. The number of esters is 1. The smallest absolute Gasteiger partial charge is 0.338 e. The lowest BCUT2D eigenvalue weighted by Gasteiger charge is -2.08. The molecule has 0 fully saturated rings. The van der Waals surface area contributed by atoms with Crippen LogP contribution in [0.15, 0.2) is 77.7 Å². The van der Waals surface area contributed by atoms with Crippen LogP contribution in [0.1, 0.15) is 31.8 Å². The van der Waals surface area contributed by atoms with Gasteiger partial charge < -0.3 is 4.74 Å². The number of halogens is 1. The highest BCUT2D eigenvalue weighted by molar-refractivity contribution is 7.90. The maximum atomic E-state index is 12.5. The highest BCUT2D eigenvalue weighted by Crippen LogP contribution is 2.18. The lowest BCUT2D eigenvalue weighted by atomic mass is 10.1. The molecule has 0 saturated heterocycles. The summed E-state index contributed by atoms with van der Waals surface area (Å²) in [5.74, 6) is -1.27. The van der Waals surface area contributed by atoms with Crippen LogP contribution in [0.2, 0.25) is 5.02 Å². The van der Waals surface area contributed by atoms with Gasteiger partial charge in [-0.15, -0.1) is 0 Å². The number of carbonyl (C=O) groups excluding carboxylic acids is 2. The number of benzene rings is 3. The first-order chi connectivity index (χ1) is 14.3. The number of hydrogen-bond acceptors (Lipinski definition) is 5. The summed E-state index contributed by atoms with van der Waals surface area (Å²) in [7, 11) is -3.49. The molecule has 3 aromatic rings. The normalized spacial score (nSPS) is 11.1. The predicted molar refractivity (Wildman–Crippen MR) is 115 cm³/mol. The second-order valence-electron chi connectivity index (χ2n) is 6.75. The Bertz CT molecular complexity index is 1170. The summed E-state index contributed by atoms with van der Waals surface area (Å²) in [5.41, 5.74) is 2.02. The van der Waals surface area contributed by atoms with E-state index >= 15 is 0 Å². The predicted octanol–water partition coefficient (Wildman–Crippen LogP) is 4.66. The number of sulfone groups is 1. The van der Waals surface area contributed by atoms with E-state index in [4.69, 9.17) is 16.3 Å². The molecule has 3 rings (SSSR count). The van der Waals surface area contributed by atoms with Gasteiger partial charge in [-0.3, -0.25) is 4.79 Å². The zero-order chi connectivity index (χ0) is 21.7. The molecule has 0 unspecified atom stereocenters. The Balaban J connectivity index is 1.62. The van der Waals surface area contributed by atoms with Gasteiger partial charge in [0.2, 0.25) is 5.78 Å². The fraction of sp³-hybridized carbons (Fsp3) is 0.130. The minimum Gasteiger partial charge on any atom is -0.454 e. The Hall–Kier alpha value is -2.96. The topological polar surface area (TPSA) is 77.5 Å². The summed E-state index contributed by atoms with van der Waals surface area (Å²) in [6, 6.07) is 19.2.